The standard InChI is InChI=1S/C20H21N5O4S3/c1-4-7-25-13(9-12-6-5-8-30-12)23-24-20(25)31-10-14(26)22-18-15(19(28)29-3)11(2)16(32-18)17(21)27/h4-6,8H,1,7,9-10H2,2-3H3,(H2,21,27)(H,22,26). The molecule has 3 rings (SSSR count). The van der Waals surface area contributed by atoms with E-state index in [0.717, 1.165) is 22.0 Å². The summed E-state index contributed by atoms with van der Waals surface area (Å²) in [4.78, 5) is 37.7. The van der Waals surface area contributed by atoms with Crippen molar-refractivity contribution in [2.75, 3.05) is 18.2 Å². The van der Waals surface area contributed by atoms with E-state index in [1.807, 2.05) is 22.1 Å². The lowest BCUT2D eigenvalue weighted by atomic mass is 10.1. The Morgan fingerprint density at radius 1 is 1.38 bits per heavy atom. The summed E-state index contributed by atoms with van der Waals surface area (Å²) in [6, 6.07) is 4.01. The second-order valence-electron chi connectivity index (χ2n) is 6.51. The summed E-state index contributed by atoms with van der Waals surface area (Å²) < 4.78 is 6.69. The van der Waals surface area contributed by atoms with Gasteiger partial charge >= 0.3 is 5.97 Å². The van der Waals surface area contributed by atoms with Crippen molar-refractivity contribution in [3.8, 4) is 0 Å². The van der Waals surface area contributed by atoms with Crippen LogP contribution in [-0.2, 0) is 22.5 Å². The molecule has 0 saturated heterocycles. The highest BCUT2D eigenvalue weighted by Crippen LogP contribution is 2.33. The number of carbonyl (C=O) groups is 3. The molecule has 0 unspecified atom stereocenters. The number of nitrogens with two attached hydrogens (primary N) is 1. The number of ether oxygens (including phenoxy) is 1. The number of rotatable bonds is 10. The Morgan fingerprint density at radius 2 is 2.16 bits per heavy atom. The fourth-order valence-corrected chi connectivity index (χ4v) is 5.45. The molecule has 0 spiro atoms. The minimum atomic E-state index is -0.677. The van der Waals surface area contributed by atoms with Gasteiger partial charge in [0.2, 0.25) is 5.91 Å². The van der Waals surface area contributed by atoms with Crippen LogP contribution in [0.25, 0.3) is 0 Å². The van der Waals surface area contributed by atoms with Crippen molar-refractivity contribution in [1.82, 2.24) is 14.8 Å². The number of carbonyl (C=O) groups excluding carboxylic acids is 3. The molecule has 0 aliphatic rings. The lowest BCUT2D eigenvalue weighted by molar-refractivity contribution is -0.113. The van der Waals surface area contributed by atoms with Gasteiger partial charge in [0, 0.05) is 17.8 Å². The van der Waals surface area contributed by atoms with Crippen LogP contribution in [-0.4, -0.2) is 45.4 Å². The molecule has 0 aromatic carbocycles. The van der Waals surface area contributed by atoms with Crippen molar-refractivity contribution in [2.45, 2.75) is 25.0 Å². The van der Waals surface area contributed by atoms with Crippen LogP contribution in [0.4, 0.5) is 5.00 Å². The Kier molecular flexibility index (Phi) is 7.83. The van der Waals surface area contributed by atoms with E-state index in [-0.39, 0.29) is 27.1 Å². The van der Waals surface area contributed by atoms with Crippen molar-refractivity contribution in [2.24, 2.45) is 5.73 Å². The number of nitrogens with one attached hydrogen (secondary N) is 1. The summed E-state index contributed by atoms with van der Waals surface area (Å²) in [7, 11) is 1.23. The van der Waals surface area contributed by atoms with Crippen LogP contribution in [0.3, 0.4) is 0 Å². The monoisotopic (exact) mass is 491 g/mol. The third-order valence-corrected chi connectivity index (χ3v) is 7.43. The minimum Gasteiger partial charge on any atom is -0.465 e. The fourth-order valence-electron chi connectivity index (χ4n) is 2.92. The Morgan fingerprint density at radius 3 is 2.78 bits per heavy atom. The molecule has 3 heterocycles. The molecule has 0 atom stereocenters. The van der Waals surface area contributed by atoms with Crippen LogP contribution in [0.2, 0.25) is 0 Å². The second kappa shape index (κ2) is 10.6. The number of allylic oxidation sites excluding steroid dienone is 1. The van der Waals surface area contributed by atoms with E-state index in [9.17, 15) is 14.4 Å². The maximum atomic E-state index is 12.6. The number of hydrogen-bond donors (Lipinski definition) is 2. The lowest BCUT2D eigenvalue weighted by Crippen LogP contribution is -2.16. The summed E-state index contributed by atoms with van der Waals surface area (Å²) >= 11 is 3.79. The number of amides is 2. The van der Waals surface area contributed by atoms with Crippen LogP contribution < -0.4 is 11.1 Å². The maximum Gasteiger partial charge on any atom is 0.341 e. The van der Waals surface area contributed by atoms with Crippen molar-refractivity contribution in [1.29, 1.82) is 0 Å². The van der Waals surface area contributed by atoms with Gasteiger partial charge in [0.1, 0.15) is 10.8 Å². The van der Waals surface area contributed by atoms with Crippen molar-refractivity contribution < 1.29 is 19.1 Å². The first kappa shape index (κ1) is 23.7. The Labute approximate surface area is 196 Å². The van der Waals surface area contributed by atoms with E-state index in [1.54, 1.807) is 24.3 Å². The topological polar surface area (TPSA) is 129 Å². The van der Waals surface area contributed by atoms with Gasteiger partial charge in [-0.1, -0.05) is 23.9 Å². The molecule has 32 heavy (non-hydrogen) atoms. The molecule has 168 valence electrons. The number of anilines is 1. The summed E-state index contributed by atoms with van der Waals surface area (Å²) in [6.07, 6.45) is 2.38. The average molecular weight is 492 g/mol. The van der Waals surface area contributed by atoms with Crippen molar-refractivity contribution in [3.05, 3.63) is 56.9 Å². The minimum absolute atomic E-state index is 0.0255. The van der Waals surface area contributed by atoms with E-state index in [2.05, 4.69) is 22.1 Å². The molecule has 3 aromatic heterocycles. The van der Waals surface area contributed by atoms with Crippen LogP contribution >= 0.6 is 34.4 Å². The quantitative estimate of drug-likeness (QED) is 0.253. The molecular formula is C20H21N5O4S3. The zero-order valence-corrected chi connectivity index (χ0v) is 19.9. The number of hydrogen-bond acceptors (Lipinski definition) is 9. The van der Waals surface area contributed by atoms with Gasteiger partial charge in [0.05, 0.1) is 23.3 Å². The molecule has 2 amide bonds. The van der Waals surface area contributed by atoms with Crippen LogP contribution in [0, 0.1) is 6.92 Å². The third-order valence-electron chi connectivity index (χ3n) is 4.36. The molecule has 0 fully saturated rings. The van der Waals surface area contributed by atoms with E-state index in [0.29, 0.717) is 23.7 Å². The molecule has 9 nitrogen and oxygen atoms in total. The maximum absolute atomic E-state index is 12.6. The van der Waals surface area contributed by atoms with Crippen LogP contribution in [0.15, 0.2) is 35.3 Å². The predicted molar refractivity (Wildman–Crippen MR) is 126 cm³/mol. The van der Waals surface area contributed by atoms with Gasteiger partial charge in [-0.3, -0.25) is 9.59 Å². The predicted octanol–water partition coefficient (Wildman–Crippen LogP) is 3.10. The lowest BCUT2D eigenvalue weighted by Gasteiger charge is -2.08. The van der Waals surface area contributed by atoms with E-state index in [1.165, 1.54) is 18.9 Å². The number of nitrogens with zero attached hydrogens (tertiary/aromatic N) is 3. The number of thiophene rings is 2. The fraction of sp³-hybridized carbons (Fsp3) is 0.250. The first-order valence-corrected chi connectivity index (χ1v) is 12.0. The van der Waals surface area contributed by atoms with Gasteiger partial charge in [-0.15, -0.1) is 39.4 Å². The number of primary amides is 1. The third kappa shape index (κ3) is 5.26. The molecule has 0 aliphatic heterocycles. The normalized spacial score (nSPS) is 10.7. The SMILES string of the molecule is C=CCn1c(Cc2cccs2)nnc1SCC(=O)Nc1sc(C(N)=O)c(C)c1C(=O)OC. The second-order valence-corrected chi connectivity index (χ2v) is 9.50. The number of methoxy groups -OCH3 is 1. The summed E-state index contributed by atoms with van der Waals surface area (Å²) in [5.41, 5.74) is 5.88. The summed E-state index contributed by atoms with van der Waals surface area (Å²) in [5, 5.41) is 14.0. The van der Waals surface area contributed by atoms with Gasteiger partial charge in [0.25, 0.3) is 5.91 Å². The average Bonchev–Trinajstić information content (AvgIpc) is 3.47. The van der Waals surface area contributed by atoms with Crippen molar-refractivity contribution in [3.63, 3.8) is 0 Å². The largest absolute Gasteiger partial charge is 0.465 e. The molecule has 0 aliphatic carbocycles. The highest BCUT2D eigenvalue weighted by molar-refractivity contribution is 7.99. The molecule has 0 radical (unpaired) electrons. The zero-order valence-electron chi connectivity index (χ0n) is 17.4. The Bertz CT molecular complexity index is 1150. The highest BCUT2D eigenvalue weighted by atomic mass is 32.2. The smallest absolute Gasteiger partial charge is 0.341 e. The van der Waals surface area contributed by atoms with Gasteiger partial charge in [-0.05, 0) is 23.9 Å². The summed E-state index contributed by atoms with van der Waals surface area (Å²) in [6.45, 7) is 5.88. The number of aromatic nitrogens is 3. The zero-order chi connectivity index (χ0) is 23.3. The Balaban J connectivity index is 1.73. The Hall–Kier alpha value is -2.96. The van der Waals surface area contributed by atoms with Gasteiger partial charge < -0.3 is 20.4 Å². The van der Waals surface area contributed by atoms with Crippen LogP contribution in [0.5, 0.6) is 0 Å². The van der Waals surface area contributed by atoms with Crippen molar-refractivity contribution >= 4 is 57.2 Å². The summed E-state index contributed by atoms with van der Waals surface area (Å²) in [5.74, 6) is -0.896. The number of thioether (sulfide) groups is 1. The molecule has 12 heteroatoms. The van der Waals surface area contributed by atoms with Gasteiger partial charge in [-0.2, -0.15) is 0 Å². The van der Waals surface area contributed by atoms with E-state index in [4.69, 9.17) is 10.5 Å². The number of esters is 1. The first-order valence-electron chi connectivity index (χ1n) is 9.35. The highest BCUT2D eigenvalue weighted by Gasteiger charge is 2.25. The molecule has 0 bridgehead atoms. The molecule has 3 N–H and O–H groups in total. The van der Waals surface area contributed by atoms with Gasteiger partial charge in [-0.25, -0.2) is 4.79 Å². The van der Waals surface area contributed by atoms with Crippen LogP contribution in [0.1, 0.15) is 36.3 Å². The molecule has 3 aromatic rings. The van der Waals surface area contributed by atoms with E-state index < -0.39 is 11.9 Å². The van der Waals surface area contributed by atoms with Gasteiger partial charge in [0.15, 0.2) is 5.16 Å². The van der Waals surface area contributed by atoms with E-state index >= 15 is 0 Å². The first-order chi connectivity index (χ1) is 15.3. The molecular weight excluding hydrogens is 470 g/mol. The molecule has 0 saturated carbocycles.